The summed E-state index contributed by atoms with van der Waals surface area (Å²) < 4.78 is 30.3. The molecule has 1 heterocycles. The molecule has 2 aromatic rings. The fourth-order valence-electron chi connectivity index (χ4n) is 2.65. The van der Waals surface area contributed by atoms with Gasteiger partial charge in [0, 0.05) is 23.9 Å². The monoisotopic (exact) mass is 450 g/mol. The standard InChI is InChI=1S/C19H16BrFN2O5/c1-10(24)23-19(12-4-6-14(21)7-5-12)28-18(22-23)15-8-13(20)9-16(26-3)17(15)27-11(2)25/h4-9,19H,1-3H3/t19-/m0/s1. The normalized spacial score (nSPS) is 15.7. The van der Waals surface area contributed by atoms with E-state index in [9.17, 15) is 14.0 Å². The average molecular weight is 451 g/mol. The molecule has 0 bridgehead atoms. The third-order valence-electron chi connectivity index (χ3n) is 3.84. The van der Waals surface area contributed by atoms with Gasteiger partial charge in [0.1, 0.15) is 5.82 Å². The van der Waals surface area contributed by atoms with Gasteiger partial charge in [-0.15, -0.1) is 5.10 Å². The number of hydrazone groups is 1. The summed E-state index contributed by atoms with van der Waals surface area (Å²) in [5.41, 5.74) is 0.851. The minimum Gasteiger partial charge on any atom is -0.493 e. The number of carbonyl (C=O) groups excluding carboxylic acids is 2. The van der Waals surface area contributed by atoms with Gasteiger partial charge in [-0.2, -0.15) is 5.01 Å². The van der Waals surface area contributed by atoms with E-state index in [0.29, 0.717) is 15.6 Å². The second kappa shape index (κ2) is 7.97. The molecule has 0 saturated heterocycles. The Labute approximate surface area is 168 Å². The molecule has 0 saturated carbocycles. The second-order valence-electron chi connectivity index (χ2n) is 5.87. The minimum atomic E-state index is -0.886. The van der Waals surface area contributed by atoms with Crippen LogP contribution in [0.25, 0.3) is 0 Å². The molecule has 0 fully saturated rings. The van der Waals surface area contributed by atoms with Crippen molar-refractivity contribution in [3.05, 3.63) is 57.8 Å². The van der Waals surface area contributed by atoms with Crippen LogP contribution in [0.1, 0.15) is 31.2 Å². The van der Waals surface area contributed by atoms with Gasteiger partial charge in [0.25, 0.3) is 0 Å². The first kappa shape index (κ1) is 19.8. The highest BCUT2D eigenvalue weighted by Crippen LogP contribution is 2.39. The molecule has 0 radical (unpaired) electrons. The first-order chi connectivity index (χ1) is 13.3. The minimum absolute atomic E-state index is 0.0559. The lowest BCUT2D eigenvalue weighted by molar-refractivity contribution is -0.135. The number of carbonyl (C=O) groups is 2. The van der Waals surface area contributed by atoms with Crippen molar-refractivity contribution in [1.29, 1.82) is 0 Å². The summed E-state index contributed by atoms with van der Waals surface area (Å²) >= 11 is 3.36. The molecule has 0 aliphatic carbocycles. The van der Waals surface area contributed by atoms with Gasteiger partial charge in [-0.1, -0.05) is 28.1 Å². The summed E-state index contributed by atoms with van der Waals surface area (Å²) in [4.78, 5) is 23.6. The van der Waals surface area contributed by atoms with Gasteiger partial charge >= 0.3 is 5.97 Å². The molecule has 2 aromatic carbocycles. The van der Waals surface area contributed by atoms with E-state index in [2.05, 4.69) is 21.0 Å². The molecule has 0 unspecified atom stereocenters. The number of hydrogen-bond acceptors (Lipinski definition) is 6. The number of rotatable bonds is 4. The number of benzene rings is 2. The van der Waals surface area contributed by atoms with Crippen LogP contribution in [0.2, 0.25) is 0 Å². The molecule has 1 aliphatic rings. The first-order valence-corrected chi connectivity index (χ1v) is 8.96. The van der Waals surface area contributed by atoms with Gasteiger partial charge in [-0.05, 0) is 24.3 Å². The topological polar surface area (TPSA) is 77.4 Å². The number of amides is 1. The molecule has 1 atom stereocenters. The lowest BCUT2D eigenvalue weighted by Crippen LogP contribution is -2.25. The van der Waals surface area contributed by atoms with Crippen molar-refractivity contribution >= 4 is 33.7 Å². The number of ether oxygens (including phenoxy) is 3. The summed E-state index contributed by atoms with van der Waals surface area (Å²) in [6, 6.07) is 8.79. The van der Waals surface area contributed by atoms with E-state index in [1.54, 1.807) is 12.1 Å². The largest absolute Gasteiger partial charge is 0.493 e. The van der Waals surface area contributed by atoms with Crippen LogP contribution >= 0.6 is 15.9 Å². The van der Waals surface area contributed by atoms with E-state index in [1.165, 1.54) is 45.2 Å². The summed E-state index contributed by atoms with van der Waals surface area (Å²) in [5.74, 6) is -0.892. The maximum Gasteiger partial charge on any atom is 0.308 e. The predicted molar refractivity (Wildman–Crippen MR) is 101 cm³/mol. The Bertz CT molecular complexity index is 962. The highest BCUT2D eigenvalue weighted by molar-refractivity contribution is 9.10. The zero-order chi connectivity index (χ0) is 20.4. The van der Waals surface area contributed by atoms with Crippen LogP contribution < -0.4 is 9.47 Å². The van der Waals surface area contributed by atoms with Crippen molar-refractivity contribution in [3.63, 3.8) is 0 Å². The van der Waals surface area contributed by atoms with Gasteiger partial charge in [0.15, 0.2) is 11.5 Å². The van der Waals surface area contributed by atoms with E-state index in [4.69, 9.17) is 14.2 Å². The number of hydrogen-bond donors (Lipinski definition) is 0. The molecule has 0 aromatic heterocycles. The molecular weight excluding hydrogens is 435 g/mol. The highest BCUT2D eigenvalue weighted by Gasteiger charge is 2.35. The quantitative estimate of drug-likeness (QED) is 0.523. The SMILES string of the molecule is COc1cc(Br)cc(C2=NN(C(C)=O)[C@H](c3ccc(F)cc3)O2)c1OC(C)=O. The summed E-state index contributed by atoms with van der Waals surface area (Å²) in [5, 5.41) is 5.37. The van der Waals surface area contributed by atoms with Crippen molar-refractivity contribution in [1.82, 2.24) is 5.01 Å². The lowest BCUT2D eigenvalue weighted by atomic mass is 10.1. The summed E-state index contributed by atoms with van der Waals surface area (Å²) in [7, 11) is 1.43. The van der Waals surface area contributed by atoms with Crippen molar-refractivity contribution in [2.75, 3.05) is 7.11 Å². The number of nitrogens with zero attached hydrogens (tertiary/aromatic N) is 2. The van der Waals surface area contributed by atoms with E-state index < -0.39 is 18.0 Å². The first-order valence-electron chi connectivity index (χ1n) is 8.17. The summed E-state index contributed by atoms with van der Waals surface area (Å²) in [6.45, 7) is 2.59. The number of methoxy groups -OCH3 is 1. The van der Waals surface area contributed by atoms with Gasteiger partial charge in [0.05, 0.1) is 12.7 Å². The Morgan fingerprint density at radius 1 is 1.21 bits per heavy atom. The molecule has 0 N–H and O–H groups in total. The smallest absolute Gasteiger partial charge is 0.308 e. The fraction of sp³-hybridized carbons (Fsp3) is 0.211. The molecular formula is C19H16BrFN2O5. The molecule has 0 spiro atoms. The maximum atomic E-state index is 13.3. The molecule has 7 nitrogen and oxygen atoms in total. The van der Waals surface area contributed by atoms with Gasteiger partial charge in [0.2, 0.25) is 18.0 Å². The Morgan fingerprint density at radius 3 is 2.46 bits per heavy atom. The van der Waals surface area contributed by atoms with E-state index in [-0.39, 0.29) is 23.3 Å². The van der Waals surface area contributed by atoms with Crippen LogP contribution in [0.15, 0.2) is 46.0 Å². The van der Waals surface area contributed by atoms with Crippen LogP contribution in [-0.2, 0) is 14.3 Å². The van der Waals surface area contributed by atoms with Crippen LogP contribution in [0.3, 0.4) is 0 Å². The third kappa shape index (κ3) is 3.99. The average Bonchev–Trinajstić information content (AvgIpc) is 3.08. The van der Waals surface area contributed by atoms with Crippen LogP contribution in [0.4, 0.5) is 4.39 Å². The third-order valence-corrected chi connectivity index (χ3v) is 4.30. The predicted octanol–water partition coefficient (Wildman–Crippen LogP) is 3.76. The Morgan fingerprint density at radius 2 is 1.89 bits per heavy atom. The van der Waals surface area contributed by atoms with Crippen LogP contribution in [0, 0.1) is 5.82 Å². The Balaban J connectivity index is 2.07. The highest BCUT2D eigenvalue weighted by atomic mass is 79.9. The fourth-order valence-corrected chi connectivity index (χ4v) is 3.08. The van der Waals surface area contributed by atoms with Crippen molar-refractivity contribution in [2.45, 2.75) is 20.1 Å². The second-order valence-corrected chi connectivity index (χ2v) is 6.78. The number of halogens is 2. The van der Waals surface area contributed by atoms with Gasteiger partial charge < -0.3 is 14.2 Å². The molecule has 1 amide bonds. The molecule has 28 heavy (non-hydrogen) atoms. The molecule has 1 aliphatic heterocycles. The van der Waals surface area contributed by atoms with Crippen molar-refractivity contribution < 1.29 is 28.2 Å². The van der Waals surface area contributed by atoms with E-state index >= 15 is 0 Å². The number of esters is 1. The zero-order valence-electron chi connectivity index (χ0n) is 15.2. The van der Waals surface area contributed by atoms with E-state index in [0.717, 1.165) is 5.01 Å². The van der Waals surface area contributed by atoms with E-state index in [1.807, 2.05) is 0 Å². The lowest BCUT2D eigenvalue weighted by Gasteiger charge is -2.19. The molecule has 3 rings (SSSR count). The Kier molecular flexibility index (Phi) is 5.64. The van der Waals surface area contributed by atoms with Crippen molar-refractivity contribution in [2.24, 2.45) is 5.10 Å². The van der Waals surface area contributed by atoms with Gasteiger partial charge in [-0.3, -0.25) is 9.59 Å². The molecule has 146 valence electrons. The maximum absolute atomic E-state index is 13.3. The van der Waals surface area contributed by atoms with Crippen LogP contribution in [0.5, 0.6) is 11.5 Å². The molecule has 9 heteroatoms. The van der Waals surface area contributed by atoms with Crippen molar-refractivity contribution in [3.8, 4) is 11.5 Å². The van der Waals surface area contributed by atoms with Gasteiger partial charge in [-0.25, -0.2) is 4.39 Å². The van der Waals surface area contributed by atoms with Crippen LogP contribution in [-0.4, -0.2) is 29.9 Å². The zero-order valence-corrected chi connectivity index (χ0v) is 16.8. The summed E-state index contributed by atoms with van der Waals surface area (Å²) in [6.07, 6.45) is -0.886. The Hall–Kier alpha value is -2.94.